The Balaban J connectivity index is 1.61. The van der Waals surface area contributed by atoms with Crippen molar-refractivity contribution in [3.05, 3.63) is 94.7 Å². The van der Waals surface area contributed by atoms with Gasteiger partial charge in [0.15, 0.2) is 22.9 Å². The second kappa shape index (κ2) is 9.44. The number of carbonyl (C=O) groups excluding carboxylic acids is 3. The first kappa shape index (κ1) is 24.1. The Bertz CT molecular complexity index is 1580. The molecule has 1 aliphatic heterocycles. The lowest BCUT2D eigenvalue weighted by Gasteiger charge is -2.26. The molecule has 0 saturated heterocycles. The molecule has 0 aliphatic carbocycles. The van der Waals surface area contributed by atoms with Gasteiger partial charge in [0.2, 0.25) is 11.7 Å². The fourth-order valence-corrected chi connectivity index (χ4v) is 4.56. The van der Waals surface area contributed by atoms with Crippen molar-refractivity contribution >= 4 is 51.5 Å². The molecular weight excluding hydrogens is 498 g/mol. The van der Waals surface area contributed by atoms with E-state index >= 15 is 0 Å². The number of benzene rings is 2. The van der Waals surface area contributed by atoms with E-state index in [1.807, 2.05) is 0 Å². The van der Waals surface area contributed by atoms with Gasteiger partial charge < -0.3 is 19.6 Å². The number of nitrogens with zero attached hydrogens (tertiary/aromatic N) is 2. The van der Waals surface area contributed by atoms with Crippen molar-refractivity contribution in [2.75, 3.05) is 17.3 Å². The molecule has 2 amide bonds. The summed E-state index contributed by atoms with van der Waals surface area (Å²) in [5.41, 5.74) is 1.59. The van der Waals surface area contributed by atoms with Crippen LogP contribution in [0.15, 0.2) is 82.7 Å². The minimum atomic E-state index is -0.987. The van der Waals surface area contributed by atoms with Gasteiger partial charge in [-0.2, -0.15) is 0 Å². The van der Waals surface area contributed by atoms with Crippen LogP contribution in [0.2, 0.25) is 5.02 Å². The predicted molar refractivity (Wildman–Crippen MR) is 137 cm³/mol. The molecule has 0 radical (unpaired) electrons. The Labute approximate surface area is 215 Å². The van der Waals surface area contributed by atoms with E-state index < -0.39 is 23.5 Å². The lowest BCUT2D eigenvalue weighted by molar-refractivity contribution is -0.117. The van der Waals surface area contributed by atoms with E-state index in [0.717, 1.165) is 0 Å². The number of fused-ring (bicyclic) bond motifs is 1. The highest BCUT2D eigenvalue weighted by atomic mass is 35.5. The first-order valence-corrected chi connectivity index (χ1v) is 11.5. The van der Waals surface area contributed by atoms with E-state index in [-0.39, 0.29) is 17.2 Å². The minimum absolute atomic E-state index is 0.0957. The van der Waals surface area contributed by atoms with Gasteiger partial charge in [-0.15, -0.1) is 0 Å². The first-order chi connectivity index (χ1) is 17.8. The third-order valence-corrected chi connectivity index (χ3v) is 6.13. The Kier molecular flexibility index (Phi) is 6.14. The van der Waals surface area contributed by atoms with Crippen LogP contribution in [0.4, 0.5) is 11.4 Å². The number of pyridine rings is 1. The standard InChI is InChI=1S/C27H20ClN3O6/c1-14(32)30-18-5-7-19(8-6-18)31-23(15-4-3-9-29-13-15)22(25(34)27(31)35)24(33)20-11-16-10-17(28)12-21(36-2)26(16)37-20/h3-13,23,34H,1-2H3,(H,30,32). The van der Waals surface area contributed by atoms with E-state index in [4.69, 9.17) is 20.8 Å². The van der Waals surface area contributed by atoms with E-state index in [0.29, 0.717) is 38.7 Å². The number of aliphatic hydroxyl groups is 1. The maximum atomic E-state index is 13.8. The number of Topliss-reactive ketones (excluding diaryl/α,β-unsaturated/α-hetero) is 1. The average Bonchev–Trinajstić information content (AvgIpc) is 3.43. The largest absolute Gasteiger partial charge is 0.503 e. The summed E-state index contributed by atoms with van der Waals surface area (Å²) in [6.45, 7) is 1.39. The summed E-state index contributed by atoms with van der Waals surface area (Å²) in [4.78, 5) is 43.9. The van der Waals surface area contributed by atoms with Crippen molar-refractivity contribution in [2.24, 2.45) is 0 Å². The number of aromatic nitrogens is 1. The molecule has 1 aliphatic rings. The number of amides is 2. The molecule has 4 aromatic rings. The normalized spacial score (nSPS) is 15.4. The average molecular weight is 518 g/mol. The van der Waals surface area contributed by atoms with Gasteiger partial charge in [-0.1, -0.05) is 17.7 Å². The summed E-state index contributed by atoms with van der Waals surface area (Å²) in [6.07, 6.45) is 3.08. The van der Waals surface area contributed by atoms with Gasteiger partial charge in [-0.3, -0.25) is 24.3 Å². The molecule has 2 N–H and O–H groups in total. The molecule has 2 aromatic carbocycles. The quantitative estimate of drug-likeness (QED) is 0.336. The van der Waals surface area contributed by atoms with Crippen LogP contribution in [-0.4, -0.2) is 34.8 Å². The summed E-state index contributed by atoms with van der Waals surface area (Å²) in [5.74, 6) is -2.13. The van der Waals surface area contributed by atoms with Crippen LogP contribution in [-0.2, 0) is 9.59 Å². The third kappa shape index (κ3) is 4.30. The van der Waals surface area contributed by atoms with Gasteiger partial charge in [-0.05, 0) is 48.0 Å². The Hall–Kier alpha value is -4.63. The number of ether oxygens (including phenoxy) is 1. The summed E-state index contributed by atoms with van der Waals surface area (Å²) in [5, 5.41) is 14.5. The van der Waals surface area contributed by atoms with Crippen molar-refractivity contribution in [1.29, 1.82) is 0 Å². The predicted octanol–water partition coefficient (Wildman–Crippen LogP) is 5.23. The highest BCUT2D eigenvalue weighted by molar-refractivity contribution is 6.31. The number of hydrogen-bond acceptors (Lipinski definition) is 7. The maximum absolute atomic E-state index is 13.8. The van der Waals surface area contributed by atoms with Crippen LogP contribution in [0.25, 0.3) is 11.0 Å². The van der Waals surface area contributed by atoms with Crippen molar-refractivity contribution in [3.8, 4) is 5.75 Å². The van der Waals surface area contributed by atoms with Crippen molar-refractivity contribution in [1.82, 2.24) is 4.98 Å². The molecular formula is C27H20ClN3O6. The molecule has 2 aromatic heterocycles. The van der Waals surface area contributed by atoms with Gasteiger partial charge in [0, 0.05) is 47.2 Å². The number of hydrogen-bond donors (Lipinski definition) is 2. The molecule has 0 spiro atoms. The molecule has 1 unspecified atom stereocenters. The highest BCUT2D eigenvalue weighted by Gasteiger charge is 2.45. The van der Waals surface area contributed by atoms with Gasteiger partial charge in [0.25, 0.3) is 5.91 Å². The molecule has 5 rings (SSSR count). The number of carbonyl (C=O) groups is 3. The zero-order valence-corrected chi connectivity index (χ0v) is 20.4. The van der Waals surface area contributed by atoms with Crippen LogP contribution in [0.3, 0.4) is 0 Å². The zero-order valence-electron chi connectivity index (χ0n) is 19.7. The van der Waals surface area contributed by atoms with Crippen LogP contribution in [0.1, 0.15) is 29.1 Å². The molecule has 186 valence electrons. The van der Waals surface area contributed by atoms with Gasteiger partial charge >= 0.3 is 0 Å². The summed E-state index contributed by atoms with van der Waals surface area (Å²) in [6, 6.07) is 13.5. The number of anilines is 2. The van der Waals surface area contributed by atoms with Crippen LogP contribution >= 0.6 is 11.6 Å². The van der Waals surface area contributed by atoms with Gasteiger partial charge in [0.05, 0.1) is 18.7 Å². The number of methoxy groups -OCH3 is 1. The fraction of sp³-hybridized carbons (Fsp3) is 0.111. The smallest absolute Gasteiger partial charge is 0.294 e. The number of aliphatic hydroxyl groups excluding tert-OH is 1. The monoisotopic (exact) mass is 517 g/mol. The van der Waals surface area contributed by atoms with Gasteiger partial charge in [-0.25, -0.2) is 0 Å². The Morgan fingerprint density at radius 3 is 2.57 bits per heavy atom. The molecule has 37 heavy (non-hydrogen) atoms. The Morgan fingerprint density at radius 2 is 1.92 bits per heavy atom. The van der Waals surface area contributed by atoms with Crippen LogP contribution in [0.5, 0.6) is 5.75 Å². The van der Waals surface area contributed by atoms with Crippen molar-refractivity contribution in [3.63, 3.8) is 0 Å². The fourth-order valence-electron chi connectivity index (χ4n) is 4.35. The minimum Gasteiger partial charge on any atom is -0.503 e. The van der Waals surface area contributed by atoms with Crippen LogP contribution < -0.4 is 15.0 Å². The number of ketones is 1. The molecule has 0 saturated carbocycles. The number of halogens is 1. The molecule has 3 heterocycles. The second-order valence-electron chi connectivity index (χ2n) is 8.32. The summed E-state index contributed by atoms with van der Waals surface area (Å²) in [7, 11) is 1.45. The van der Waals surface area contributed by atoms with E-state index in [2.05, 4.69) is 10.3 Å². The molecule has 0 bridgehead atoms. The van der Waals surface area contributed by atoms with E-state index in [1.54, 1.807) is 54.7 Å². The lowest BCUT2D eigenvalue weighted by atomic mass is 9.96. The SMILES string of the molecule is COc1cc(Cl)cc2cc(C(=O)C3=C(O)C(=O)N(c4ccc(NC(C)=O)cc4)C3c3cccnc3)oc12. The number of nitrogens with one attached hydrogen (secondary N) is 1. The second-order valence-corrected chi connectivity index (χ2v) is 8.76. The van der Waals surface area contributed by atoms with Crippen molar-refractivity contribution < 1.29 is 28.6 Å². The first-order valence-electron chi connectivity index (χ1n) is 11.1. The topological polar surface area (TPSA) is 122 Å². The summed E-state index contributed by atoms with van der Waals surface area (Å²) >= 11 is 6.15. The molecule has 0 fully saturated rings. The maximum Gasteiger partial charge on any atom is 0.294 e. The van der Waals surface area contributed by atoms with Gasteiger partial charge in [0.1, 0.15) is 0 Å². The van der Waals surface area contributed by atoms with Crippen LogP contribution in [0, 0.1) is 0 Å². The highest BCUT2D eigenvalue weighted by Crippen LogP contribution is 2.43. The summed E-state index contributed by atoms with van der Waals surface area (Å²) < 4.78 is 11.1. The molecule has 9 nitrogen and oxygen atoms in total. The lowest BCUT2D eigenvalue weighted by Crippen LogP contribution is -2.31. The zero-order chi connectivity index (χ0) is 26.3. The third-order valence-electron chi connectivity index (χ3n) is 5.91. The van der Waals surface area contributed by atoms with E-state index in [1.165, 1.54) is 31.2 Å². The number of rotatable bonds is 6. The number of furan rings is 1. The Morgan fingerprint density at radius 1 is 1.16 bits per heavy atom. The molecule has 10 heteroatoms. The van der Waals surface area contributed by atoms with Crippen molar-refractivity contribution in [2.45, 2.75) is 13.0 Å². The molecule has 1 atom stereocenters. The van der Waals surface area contributed by atoms with E-state index in [9.17, 15) is 19.5 Å².